The van der Waals surface area contributed by atoms with Gasteiger partial charge in [0.25, 0.3) is 0 Å². The van der Waals surface area contributed by atoms with E-state index in [1.165, 1.54) is 0 Å². The van der Waals surface area contributed by atoms with E-state index in [2.05, 4.69) is 24.3 Å². The molecule has 0 aliphatic heterocycles. The van der Waals surface area contributed by atoms with Crippen LogP contribution in [0.2, 0.25) is 0 Å². The summed E-state index contributed by atoms with van der Waals surface area (Å²) in [6.07, 6.45) is 1.40. The lowest BCUT2D eigenvalue weighted by Crippen LogP contribution is -2.04. The predicted molar refractivity (Wildman–Crippen MR) is 76.3 cm³/mol. The van der Waals surface area contributed by atoms with Crippen molar-refractivity contribution in [2.45, 2.75) is 25.7 Å². The molecule has 0 N–H and O–H groups in total. The number of hydrogen-bond acceptors (Lipinski definition) is 2. The van der Waals surface area contributed by atoms with Crippen LogP contribution in [0.4, 0.5) is 0 Å². The Labute approximate surface area is 113 Å². The normalized spacial score (nSPS) is 13.4. The molecule has 0 spiro atoms. The Balaban J connectivity index is 2.42. The molecule has 2 rings (SSSR count). The number of fused-ring (bicyclic) bond motifs is 1. The van der Waals surface area contributed by atoms with Gasteiger partial charge in [-0.3, -0.25) is 0 Å². The highest BCUT2D eigenvalue weighted by Gasteiger charge is 2.18. The fourth-order valence-corrected chi connectivity index (χ4v) is 2.40. The standard InChI is InChI=1S/C17H16N2/c1-2-13(11-18)10-15(12-19)17-9-5-7-14-6-3-4-8-16(14)17/h3-9,13,15H,2,10H2,1H3. The molecular formula is C17H16N2. The van der Waals surface area contributed by atoms with E-state index in [9.17, 15) is 5.26 Å². The van der Waals surface area contributed by atoms with Gasteiger partial charge in [0.2, 0.25) is 0 Å². The van der Waals surface area contributed by atoms with Crippen molar-refractivity contribution in [3.63, 3.8) is 0 Å². The number of benzene rings is 2. The van der Waals surface area contributed by atoms with Crippen molar-refractivity contribution in [2.75, 3.05) is 0 Å². The smallest absolute Gasteiger partial charge is 0.0731 e. The summed E-state index contributed by atoms with van der Waals surface area (Å²) in [5.41, 5.74) is 1.04. The molecule has 0 amide bonds. The SMILES string of the molecule is CCC(C#N)CC(C#N)c1cccc2ccccc12. The van der Waals surface area contributed by atoms with Gasteiger partial charge < -0.3 is 0 Å². The summed E-state index contributed by atoms with van der Waals surface area (Å²) < 4.78 is 0. The van der Waals surface area contributed by atoms with Gasteiger partial charge in [-0.1, -0.05) is 49.4 Å². The zero-order chi connectivity index (χ0) is 13.7. The average molecular weight is 248 g/mol. The van der Waals surface area contributed by atoms with Crippen molar-refractivity contribution in [3.05, 3.63) is 48.0 Å². The highest BCUT2D eigenvalue weighted by atomic mass is 14.3. The van der Waals surface area contributed by atoms with Crippen LogP contribution in [0.5, 0.6) is 0 Å². The minimum atomic E-state index is -0.212. The summed E-state index contributed by atoms with van der Waals surface area (Å²) >= 11 is 0. The average Bonchev–Trinajstić information content (AvgIpc) is 2.48. The first-order chi connectivity index (χ1) is 9.30. The third-order valence-corrected chi connectivity index (χ3v) is 3.55. The summed E-state index contributed by atoms with van der Waals surface area (Å²) in [7, 11) is 0. The van der Waals surface area contributed by atoms with Crippen molar-refractivity contribution in [1.82, 2.24) is 0 Å². The van der Waals surface area contributed by atoms with Crippen LogP contribution in [0, 0.1) is 28.6 Å². The van der Waals surface area contributed by atoms with E-state index >= 15 is 0 Å². The van der Waals surface area contributed by atoms with E-state index in [0.717, 1.165) is 22.8 Å². The first-order valence-electron chi connectivity index (χ1n) is 6.57. The lowest BCUT2D eigenvalue weighted by molar-refractivity contribution is 0.557. The van der Waals surface area contributed by atoms with Gasteiger partial charge in [0, 0.05) is 5.92 Å². The quantitative estimate of drug-likeness (QED) is 0.805. The minimum absolute atomic E-state index is 0.0522. The van der Waals surface area contributed by atoms with Gasteiger partial charge >= 0.3 is 0 Å². The Bertz CT molecular complexity index is 641. The molecule has 2 atom stereocenters. The van der Waals surface area contributed by atoms with Crippen LogP contribution in [0.3, 0.4) is 0 Å². The zero-order valence-corrected chi connectivity index (χ0v) is 11.0. The maximum Gasteiger partial charge on any atom is 0.0731 e. The first kappa shape index (κ1) is 13.1. The van der Waals surface area contributed by atoms with E-state index in [-0.39, 0.29) is 11.8 Å². The maximum absolute atomic E-state index is 9.42. The molecule has 2 aromatic rings. The van der Waals surface area contributed by atoms with Gasteiger partial charge in [0.05, 0.1) is 18.1 Å². The van der Waals surface area contributed by atoms with Crippen LogP contribution in [0.1, 0.15) is 31.2 Å². The zero-order valence-electron chi connectivity index (χ0n) is 11.0. The molecule has 0 saturated carbocycles. The molecule has 0 heterocycles. The highest BCUT2D eigenvalue weighted by molar-refractivity contribution is 5.86. The lowest BCUT2D eigenvalue weighted by atomic mass is 9.86. The van der Waals surface area contributed by atoms with E-state index in [0.29, 0.717) is 6.42 Å². The van der Waals surface area contributed by atoms with Gasteiger partial charge in [-0.15, -0.1) is 0 Å². The fourth-order valence-electron chi connectivity index (χ4n) is 2.40. The molecular weight excluding hydrogens is 232 g/mol. The van der Waals surface area contributed by atoms with Gasteiger partial charge in [-0.2, -0.15) is 10.5 Å². The molecule has 2 nitrogen and oxygen atoms in total. The van der Waals surface area contributed by atoms with Gasteiger partial charge in [0.15, 0.2) is 0 Å². The van der Waals surface area contributed by atoms with Crippen molar-refractivity contribution in [1.29, 1.82) is 10.5 Å². The van der Waals surface area contributed by atoms with Crippen molar-refractivity contribution >= 4 is 10.8 Å². The number of nitrogens with zero attached hydrogens (tertiary/aromatic N) is 2. The first-order valence-corrected chi connectivity index (χ1v) is 6.57. The molecule has 0 fully saturated rings. The second-order valence-electron chi connectivity index (χ2n) is 4.72. The third kappa shape index (κ3) is 2.75. The van der Waals surface area contributed by atoms with Crippen LogP contribution in [-0.4, -0.2) is 0 Å². The van der Waals surface area contributed by atoms with Gasteiger partial charge in [-0.05, 0) is 29.2 Å². The summed E-state index contributed by atoms with van der Waals surface area (Å²) in [5.74, 6) is -0.265. The molecule has 19 heavy (non-hydrogen) atoms. The van der Waals surface area contributed by atoms with Crippen LogP contribution in [-0.2, 0) is 0 Å². The topological polar surface area (TPSA) is 47.6 Å². The van der Waals surface area contributed by atoms with E-state index in [1.54, 1.807) is 0 Å². The van der Waals surface area contributed by atoms with Crippen LogP contribution < -0.4 is 0 Å². The number of nitriles is 2. The van der Waals surface area contributed by atoms with Crippen molar-refractivity contribution in [3.8, 4) is 12.1 Å². The Morgan fingerprint density at radius 2 is 1.74 bits per heavy atom. The molecule has 0 aliphatic carbocycles. The van der Waals surface area contributed by atoms with E-state index in [1.807, 2.05) is 37.3 Å². The van der Waals surface area contributed by atoms with E-state index < -0.39 is 0 Å². The monoisotopic (exact) mass is 248 g/mol. The molecule has 0 aliphatic rings. The highest BCUT2D eigenvalue weighted by Crippen LogP contribution is 2.30. The Morgan fingerprint density at radius 1 is 1.00 bits per heavy atom. The number of hydrogen-bond donors (Lipinski definition) is 0. The molecule has 0 saturated heterocycles. The Morgan fingerprint density at radius 3 is 2.42 bits per heavy atom. The van der Waals surface area contributed by atoms with Crippen LogP contribution in [0.15, 0.2) is 42.5 Å². The molecule has 2 unspecified atom stereocenters. The minimum Gasteiger partial charge on any atom is -0.198 e. The largest absolute Gasteiger partial charge is 0.198 e. The Hall–Kier alpha value is -2.32. The molecule has 0 aromatic heterocycles. The van der Waals surface area contributed by atoms with Crippen LogP contribution >= 0.6 is 0 Å². The van der Waals surface area contributed by atoms with Crippen LogP contribution in [0.25, 0.3) is 10.8 Å². The summed E-state index contributed by atoms with van der Waals surface area (Å²) in [4.78, 5) is 0. The second kappa shape index (κ2) is 6.03. The summed E-state index contributed by atoms with van der Waals surface area (Å²) in [6, 6.07) is 18.8. The summed E-state index contributed by atoms with van der Waals surface area (Å²) in [6.45, 7) is 1.99. The maximum atomic E-state index is 9.42. The predicted octanol–water partition coefficient (Wildman–Crippen LogP) is 4.39. The molecule has 2 heteroatoms. The Kier molecular flexibility index (Phi) is 4.16. The van der Waals surface area contributed by atoms with E-state index in [4.69, 9.17) is 5.26 Å². The second-order valence-corrected chi connectivity index (χ2v) is 4.72. The fraction of sp³-hybridized carbons (Fsp3) is 0.294. The van der Waals surface area contributed by atoms with Gasteiger partial charge in [-0.25, -0.2) is 0 Å². The van der Waals surface area contributed by atoms with Gasteiger partial charge in [0.1, 0.15) is 0 Å². The lowest BCUT2D eigenvalue weighted by Gasteiger charge is -2.14. The number of rotatable bonds is 4. The molecule has 94 valence electrons. The third-order valence-electron chi connectivity index (χ3n) is 3.55. The summed E-state index contributed by atoms with van der Waals surface area (Å²) in [5, 5.41) is 20.7. The van der Waals surface area contributed by atoms with Crippen molar-refractivity contribution in [2.24, 2.45) is 5.92 Å². The molecule has 0 bridgehead atoms. The molecule has 2 aromatic carbocycles. The molecule has 0 radical (unpaired) electrons. The van der Waals surface area contributed by atoms with Crippen molar-refractivity contribution < 1.29 is 0 Å².